The number of carbonyl (C=O) groups is 1. The molecule has 0 amide bonds. The molecule has 27 heavy (non-hydrogen) atoms. The van der Waals surface area contributed by atoms with Crippen LogP contribution in [-0.4, -0.2) is 29.8 Å². The highest BCUT2D eigenvalue weighted by molar-refractivity contribution is 6.00. The van der Waals surface area contributed by atoms with Crippen molar-refractivity contribution in [1.82, 2.24) is 9.78 Å². The summed E-state index contributed by atoms with van der Waals surface area (Å²) in [5.41, 5.74) is 4.60. The molecule has 0 unspecified atom stereocenters. The Hall–Kier alpha value is -3.08. The third kappa shape index (κ3) is 2.99. The molecular formula is C22H22N2O3. The number of rotatable bonds is 4. The van der Waals surface area contributed by atoms with E-state index in [0.29, 0.717) is 17.9 Å². The van der Waals surface area contributed by atoms with Crippen LogP contribution in [0, 0.1) is 6.92 Å². The van der Waals surface area contributed by atoms with Gasteiger partial charge in [0.15, 0.2) is 17.3 Å². The Morgan fingerprint density at radius 1 is 1.00 bits per heavy atom. The van der Waals surface area contributed by atoms with Crippen molar-refractivity contribution >= 4 is 5.78 Å². The van der Waals surface area contributed by atoms with Crippen molar-refractivity contribution < 1.29 is 14.3 Å². The van der Waals surface area contributed by atoms with Crippen molar-refractivity contribution in [2.45, 2.75) is 25.7 Å². The number of fused-ring (bicyclic) bond motifs is 1. The van der Waals surface area contributed by atoms with Crippen molar-refractivity contribution in [2.24, 2.45) is 0 Å². The van der Waals surface area contributed by atoms with E-state index in [0.717, 1.165) is 34.6 Å². The van der Waals surface area contributed by atoms with Crippen molar-refractivity contribution in [3.63, 3.8) is 0 Å². The summed E-state index contributed by atoms with van der Waals surface area (Å²) in [7, 11) is 3.24. The van der Waals surface area contributed by atoms with Gasteiger partial charge in [-0.1, -0.05) is 24.3 Å². The number of carbonyl (C=O) groups excluding carboxylic acids is 1. The first-order valence-electron chi connectivity index (χ1n) is 9.01. The number of methoxy groups -OCH3 is 2. The Bertz CT molecular complexity index is 992. The van der Waals surface area contributed by atoms with Crippen molar-refractivity contribution in [1.29, 1.82) is 0 Å². The lowest BCUT2D eigenvalue weighted by Crippen LogP contribution is -2.20. The number of benzene rings is 2. The number of aryl methyl sites for hydroxylation is 1. The Morgan fingerprint density at radius 2 is 1.74 bits per heavy atom. The number of aromatic nitrogens is 2. The van der Waals surface area contributed by atoms with E-state index in [-0.39, 0.29) is 11.7 Å². The first kappa shape index (κ1) is 17.3. The summed E-state index contributed by atoms with van der Waals surface area (Å²) in [6.07, 6.45) is 1.23. The van der Waals surface area contributed by atoms with E-state index >= 15 is 0 Å². The Labute approximate surface area is 158 Å². The summed E-state index contributed by atoms with van der Waals surface area (Å²) in [4.78, 5) is 12.9. The highest BCUT2D eigenvalue weighted by atomic mass is 16.5. The van der Waals surface area contributed by atoms with Gasteiger partial charge in [0.25, 0.3) is 0 Å². The van der Waals surface area contributed by atoms with Gasteiger partial charge in [-0.3, -0.25) is 4.79 Å². The highest BCUT2D eigenvalue weighted by Crippen LogP contribution is 2.38. The maximum atomic E-state index is 12.9. The van der Waals surface area contributed by atoms with E-state index in [9.17, 15) is 4.79 Å². The van der Waals surface area contributed by atoms with Crippen LogP contribution in [0.25, 0.3) is 5.69 Å². The van der Waals surface area contributed by atoms with Gasteiger partial charge < -0.3 is 9.47 Å². The first-order chi connectivity index (χ1) is 13.1. The number of nitrogens with zero attached hydrogens (tertiary/aromatic N) is 2. The Balaban J connectivity index is 1.76. The second-order valence-corrected chi connectivity index (χ2v) is 6.80. The van der Waals surface area contributed by atoms with Gasteiger partial charge >= 0.3 is 0 Å². The van der Waals surface area contributed by atoms with Gasteiger partial charge in [0.05, 0.1) is 36.9 Å². The first-order valence-corrected chi connectivity index (χ1v) is 9.01. The maximum Gasteiger partial charge on any atom is 0.167 e. The van der Waals surface area contributed by atoms with Crippen molar-refractivity contribution in [2.75, 3.05) is 14.2 Å². The molecule has 0 radical (unpaired) electrons. The SMILES string of the molecule is COc1ccc([C@@H]2CC(=O)c3c(C)nn(-c4ccccc4)c3C2)cc1OC. The fourth-order valence-electron chi connectivity index (χ4n) is 3.88. The van der Waals surface area contributed by atoms with Crippen LogP contribution in [0.5, 0.6) is 11.5 Å². The van der Waals surface area contributed by atoms with Gasteiger partial charge in [0, 0.05) is 6.42 Å². The minimum atomic E-state index is 0.0865. The zero-order chi connectivity index (χ0) is 19.0. The van der Waals surface area contributed by atoms with Gasteiger partial charge in [-0.05, 0) is 49.1 Å². The number of Topliss-reactive ketones (excluding diaryl/α,β-unsaturated/α-hetero) is 1. The van der Waals surface area contributed by atoms with E-state index in [4.69, 9.17) is 9.47 Å². The van der Waals surface area contributed by atoms with Crippen LogP contribution in [0.2, 0.25) is 0 Å². The summed E-state index contributed by atoms with van der Waals surface area (Å²) < 4.78 is 12.7. The number of hydrogen-bond acceptors (Lipinski definition) is 4. The summed E-state index contributed by atoms with van der Waals surface area (Å²) in [6.45, 7) is 1.91. The third-order valence-electron chi connectivity index (χ3n) is 5.19. The predicted octanol–water partition coefficient (Wildman–Crippen LogP) is 4.11. The molecule has 5 heteroatoms. The molecule has 0 spiro atoms. The molecule has 0 N–H and O–H groups in total. The normalized spacial score (nSPS) is 16.1. The van der Waals surface area contributed by atoms with Crippen LogP contribution < -0.4 is 9.47 Å². The number of ether oxygens (including phenoxy) is 2. The van der Waals surface area contributed by atoms with Crippen LogP contribution in [-0.2, 0) is 6.42 Å². The molecule has 5 nitrogen and oxygen atoms in total. The molecule has 0 aliphatic heterocycles. The summed E-state index contributed by atoms with van der Waals surface area (Å²) in [6, 6.07) is 15.8. The molecule has 3 aromatic rings. The molecule has 138 valence electrons. The van der Waals surface area contributed by atoms with Crippen LogP contribution in [0.3, 0.4) is 0 Å². The molecule has 0 saturated carbocycles. The van der Waals surface area contributed by atoms with Crippen LogP contribution in [0.1, 0.15) is 39.6 Å². The molecule has 0 saturated heterocycles. The molecule has 1 atom stereocenters. The average Bonchev–Trinajstić information content (AvgIpc) is 3.05. The van der Waals surface area contributed by atoms with E-state index in [1.807, 2.05) is 60.1 Å². The lowest BCUT2D eigenvalue weighted by Gasteiger charge is -2.24. The number of hydrogen-bond donors (Lipinski definition) is 0. The second kappa shape index (κ2) is 6.91. The topological polar surface area (TPSA) is 53.3 Å². The quantitative estimate of drug-likeness (QED) is 0.701. The number of ketones is 1. The summed E-state index contributed by atoms with van der Waals surface area (Å²) in [5.74, 6) is 1.61. The molecule has 1 aliphatic carbocycles. The summed E-state index contributed by atoms with van der Waals surface area (Å²) in [5, 5.41) is 4.65. The molecule has 0 fully saturated rings. The van der Waals surface area contributed by atoms with Gasteiger partial charge in [-0.25, -0.2) is 4.68 Å². The molecule has 1 aromatic heterocycles. The monoisotopic (exact) mass is 362 g/mol. The Kier molecular flexibility index (Phi) is 4.44. The lowest BCUT2D eigenvalue weighted by atomic mass is 9.81. The fraction of sp³-hybridized carbons (Fsp3) is 0.273. The molecule has 4 rings (SSSR count). The zero-order valence-electron chi connectivity index (χ0n) is 15.7. The van der Waals surface area contributed by atoms with Crippen LogP contribution >= 0.6 is 0 Å². The minimum absolute atomic E-state index is 0.0865. The van der Waals surface area contributed by atoms with Gasteiger partial charge in [0.1, 0.15) is 0 Å². The Morgan fingerprint density at radius 3 is 2.44 bits per heavy atom. The van der Waals surface area contributed by atoms with Crippen LogP contribution in [0.4, 0.5) is 0 Å². The second-order valence-electron chi connectivity index (χ2n) is 6.80. The smallest absolute Gasteiger partial charge is 0.167 e. The van der Waals surface area contributed by atoms with Gasteiger partial charge in [-0.15, -0.1) is 0 Å². The van der Waals surface area contributed by atoms with E-state index in [1.165, 1.54) is 0 Å². The largest absolute Gasteiger partial charge is 0.493 e. The van der Waals surface area contributed by atoms with Crippen LogP contribution in [0.15, 0.2) is 48.5 Å². The molecular weight excluding hydrogens is 340 g/mol. The zero-order valence-corrected chi connectivity index (χ0v) is 15.7. The predicted molar refractivity (Wildman–Crippen MR) is 103 cm³/mol. The summed E-state index contributed by atoms with van der Waals surface area (Å²) >= 11 is 0. The maximum absolute atomic E-state index is 12.9. The molecule has 1 heterocycles. The molecule has 1 aliphatic rings. The fourth-order valence-corrected chi connectivity index (χ4v) is 3.88. The van der Waals surface area contributed by atoms with E-state index in [1.54, 1.807) is 14.2 Å². The number of para-hydroxylation sites is 1. The molecule has 2 aromatic carbocycles. The molecule has 0 bridgehead atoms. The minimum Gasteiger partial charge on any atom is -0.493 e. The van der Waals surface area contributed by atoms with Gasteiger partial charge in [0.2, 0.25) is 0 Å². The lowest BCUT2D eigenvalue weighted by molar-refractivity contribution is 0.0963. The van der Waals surface area contributed by atoms with Crippen molar-refractivity contribution in [3.8, 4) is 17.2 Å². The standard InChI is InChI=1S/C22H22N2O3/c1-14-22-18(24(23-14)17-7-5-4-6-8-17)11-16(12-19(22)25)15-9-10-20(26-2)21(13-15)27-3/h4-10,13,16H,11-12H2,1-3H3/t16-/m0/s1. The highest BCUT2D eigenvalue weighted by Gasteiger charge is 2.32. The van der Waals surface area contributed by atoms with Gasteiger partial charge in [-0.2, -0.15) is 5.10 Å². The third-order valence-corrected chi connectivity index (χ3v) is 5.19. The van der Waals surface area contributed by atoms with E-state index < -0.39 is 0 Å². The van der Waals surface area contributed by atoms with Crippen molar-refractivity contribution in [3.05, 3.63) is 71.0 Å². The van der Waals surface area contributed by atoms with E-state index in [2.05, 4.69) is 5.10 Å². The average molecular weight is 362 g/mol.